The highest BCUT2D eigenvalue weighted by Gasteiger charge is 2.50. The first-order chi connectivity index (χ1) is 21.7. The van der Waals surface area contributed by atoms with Gasteiger partial charge in [0.25, 0.3) is 0 Å². The predicted molar refractivity (Wildman–Crippen MR) is 181 cm³/mol. The number of methoxy groups -OCH3 is 1. The Balaban J connectivity index is 1.36. The number of aromatic amines is 1. The van der Waals surface area contributed by atoms with E-state index in [9.17, 15) is 9.18 Å². The van der Waals surface area contributed by atoms with Gasteiger partial charge in [0.15, 0.2) is 5.82 Å². The number of nitrogens with zero attached hydrogens (tertiary/aromatic N) is 4. The third-order valence-electron chi connectivity index (χ3n) is 8.37. The number of H-pyrrole nitrogens is 1. The van der Waals surface area contributed by atoms with Gasteiger partial charge in [-0.3, -0.25) is 14.8 Å². The monoisotopic (exact) mass is 632 g/mol. The zero-order valence-electron chi connectivity index (χ0n) is 28.0. The van der Waals surface area contributed by atoms with Gasteiger partial charge >= 0.3 is 0 Å². The summed E-state index contributed by atoms with van der Waals surface area (Å²) >= 11 is 0. The molecule has 0 saturated carbocycles. The second-order valence-corrected chi connectivity index (χ2v) is 13.6. The molecule has 2 aromatic carbocycles. The Bertz CT molecular complexity index is 1600. The molecule has 0 bridgehead atoms. The molecule has 2 heterocycles. The maximum absolute atomic E-state index is 13.4. The number of nitrogens with one attached hydrogen (secondary N) is 3. The standard InChI is InChI=1S/C35H47FN7O3/c1-33(2,3)35(7,34(4,5)6)43(16-18-45-8)15-10-17-46-27-13-14-28-29(22-27)37-23-38-32(28)40-30-20-26(41-42-30)21-31(44)39-25-12-9-11-24(36)19-25/h9,11-14,19-20,22-23H,7,10,15-18,21H2,1-6,8H3,(H,39,44)(H2,37,38,40,41,42). The van der Waals surface area contributed by atoms with Crippen LogP contribution in [0.25, 0.3) is 10.9 Å². The summed E-state index contributed by atoms with van der Waals surface area (Å²) in [4.78, 5) is 23.7. The van der Waals surface area contributed by atoms with Crippen molar-refractivity contribution < 1.29 is 18.7 Å². The van der Waals surface area contributed by atoms with E-state index in [0.717, 1.165) is 36.2 Å². The van der Waals surface area contributed by atoms with Crippen LogP contribution in [0.2, 0.25) is 0 Å². The first kappa shape index (κ1) is 34.8. The first-order valence-electron chi connectivity index (χ1n) is 15.5. The zero-order valence-corrected chi connectivity index (χ0v) is 28.0. The maximum Gasteiger partial charge on any atom is 0.230 e. The van der Waals surface area contributed by atoms with Crippen LogP contribution in [0.15, 0.2) is 54.9 Å². The van der Waals surface area contributed by atoms with Crippen molar-refractivity contribution in [2.24, 2.45) is 10.8 Å². The Morgan fingerprint density at radius 2 is 1.76 bits per heavy atom. The second-order valence-electron chi connectivity index (χ2n) is 13.6. The molecule has 10 nitrogen and oxygen atoms in total. The van der Waals surface area contributed by atoms with E-state index in [1.807, 2.05) is 18.2 Å². The lowest BCUT2D eigenvalue weighted by Gasteiger charge is -2.57. The van der Waals surface area contributed by atoms with Gasteiger partial charge in [-0.15, -0.1) is 0 Å². The molecule has 46 heavy (non-hydrogen) atoms. The van der Waals surface area contributed by atoms with Gasteiger partial charge in [0.05, 0.1) is 25.2 Å². The number of aromatic nitrogens is 4. The summed E-state index contributed by atoms with van der Waals surface area (Å²) in [5.41, 5.74) is 1.28. The molecule has 0 saturated heterocycles. The molecule has 2 aromatic heterocycles. The van der Waals surface area contributed by atoms with E-state index in [0.29, 0.717) is 36.2 Å². The number of hydrogen-bond acceptors (Lipinski definition) is 8. The molecule has 1 radical (unpaired) electrons. The summed E-state index contributed by atoms with van der Waals surface area (Å²) in [5.74, 6) is 1.08. The maximum atomic E-state index is 13.4. The number of carbonyl (C=O) groups excluding carboxylic acids is 1. The number of hydrogen-bond donors (Lipinski definition) is 3. The molecule has 4 aromatic rings. The van der Waals surface area contributed by atoms with E-state index < -0.39 is 5.82 Å². The number of fused-ring (bicyclic) bond motifs is 1. The van der Waals surface area contributed by atoms with Crippen LogP contribution in [-0.2, 0) is 16.0 Å². The van der Waals surface area contributed by atoms with E-state index in [-0.39, 0.29) is 28.7 Å². The van der Waals surface area contributed by atoms with Crippen molar-refractivity contribution in [3.05, 3.63) is 73.3 Å². The van der Waals surface area contributed by atoms with Gasteiger partial charge in [-0.2, -0.15) is 5.10 Å². The topological polar surface area (TPSA) is 117 Å². The molecule has 1 amide bonds. The van der Waals surface area contributed by atoms with Gasteiger partial charge in [0.2, 0.25) is 5.91 Å². The van der Waals surface area contributed by atoms with Gasteiger partial charge in [-0.25, -0.2) is 14.4 Å². The van der Waals surface area contributed by atoms with Gasteiger partial charge in [0, 0.05) is 54.6 Å². The van der Waals surface area contributed by atoms with Crippen molar-refractivity contribution in [2.75, 3.05) is 44.0 Å². The number of anilines is 3. The third-order valence-corrected chi connectivity index (χ3v) is 8.37. The minimum absolute atomic E-state index is 0.0444. The zero-order chi connectivity index (χ0) is 33.5. The van der Waals surface area contributed by atoms with E-state index in [1.54, 1.807) is 19.2 Å². The number of benzene rings is 2. The van der Waals surface area contributed by atoms with E-state index >= 15 is 0 Å². The van der Waals surface area contributed by atoms with Crippen LogP contribution in [0.4, 0.5) is 21.7 Å². The minimum atomic E-state index is -0.417. The van der Waals surface area contributed by atoms with Crippen molar-refractivity contribution in [3.63, 3.8) is 0 Å². The molecule has 0 unspecified atom stereocenters. The summed E-state index contributed by atoms with van der Waals surface area (Å²) in [6.07, 6.45) is 2.35. The van der Waals surface area contributed by atoms with Crippen molar-refractivity contribution in [1.29, 1.82) is 0 Å². The lowest BCUT2D eigenvalue weighted by molar-refractivity contribution is -0.115. The van der Waals surface area contributed by atoms with E-state index in [2.05, 4.69) is 77.2 Å². The molecule has 0 spiro atoms. The van der Waals surface area contributed by atoms with E-state index in [1.165, 1.54) is 24.5 Å². The summed E-state index contributed by atoms with van der Waals surface area (Å²) in [6, 6.07) is 13.2. The lowest BCUT2D eigenvalue weighted by Crippen LogP contribution is -2.63. The van der Waals surface area contributed by atoms with Crippen molar-refractivity contribution in [1.82, 2.24) is 25.1 Å². The minimum Gasteiger partial charge on any atom is -0.493 e. The molecule has 4 rings (SSSR count). The van der Waals surface area contributed by atoms with E-state index in [4.69, 9.17) is 16.4 Å². The number of halogens is 1. The van der Waals surface area contributed by atoms with Crippen LogP contribution in [-0.4, -0.2) is 69.9 Å². The molecule has 0 aliphatic heterocycles. The van der Waals surface area contributed by atoms with Gasteiger partial charge < -0.3 is 20.1 Å². The molecule has 0 fully saturated rings. The number of rotatable bonds is 14. The van der Waals surface area contributed by atoms with Gasteiger partial charge in [0.1, 0.15) is 23.7 Å². The Hall–Kier alpha value is -4.09. The molecule has 0 atom stereocenters. The van der Waals surface area contributed by atoms with Crippen LogP contribution in [0, 0.1) is 23.6 Å². The van der Waals surface area contributed by atoms with Crippen LogP contribution in [0.5, 0.6) is 5.75 Å². The Morgan fingerprint density at radius 1 is 1.00 bits per heavy atom. The Morgan fingerprint density at radius 3 is 2.46 bits per heavy atom. The molecule has 0 aliphatic carbocycles. The Labute approximate surface area is 271 Å². The smallest absolute Gasteiger partial charge is 0.230 e. The fraction of sp³-hybridized carbons (Fsp3) is 0.457. The first-order valence-corrected chi connectivity index (χ1v) is 15.5. The second kappa shape index (κ2) is 14.6. The fourth-order valence-electron chi connectivity index (χ4n) is 6.02. The predicted octanol–water partition coefficient (Wildman–Crippen LogP) is 6.80. The Kier molecular flexibility index (Phi) is 11.0. The molecule has 247 valence electrons. The number of ether oxygens (including phenoxy) is 2. The highest BCUT2D eigenvalue weighted by molar-refractivity contribution is 5.93. The molecular formula is C35H47FN7O3. The average Bonchev–Trinajstić information content (AvgIpc) is 3.41. The summed E-state index contributed by atoms with van der Waals surface area (Å²) in [5, 5.41) is 13.8. The summed E-state index contributed by atoms with van der Waals surface area (Å²) in [7, 11) is 1.73. The largest absolute Gasteiger partial charge is 0.493 e. The summed E-state index contributed by atoms with van der Waals surface area (Å²) < 4.78 is 25.0. The quantitative estimate of drug-likeness (QED) is 0.130. The van der Waals surface area contributed by atoms with Crippen LogP contribution in [0.3, 0.4) is 0 Å². The van der Waals surface area contributed by atoms with Crippen molar-refractivity contribution in [3.8, 4) is 5.75 Å². The molecule has 3 N–H and O–H groups in total. The van der Waals surface area contributed by atoms with Crippen molar-refractivity contribution >= 4 is 34.1 Å². The lowest BCUT2D eigenvalue weighted by atomic mass is 9.60. The normalized spacial score (nSPS) is 12.5. The van der Waals surface area contributed by atoms with Crippen LogP contribution in [0.1, 0.15) is 53.7 Å². The van der Waals surface area contributed by atoms with Crippen molar-refractivity contribution in [2.45, 2.75) is 59.9 Å². The van der Waals surface area contributed by atoms with Gasteiger partial charge in [-0.1, -0.05) is 47.6 Å². The number of carbonyl (C=O) groups is 1. The molecular weight excluding hydrogens is 585 g/mol. The highest BCUT2D eigenvalue weighted by Crippen LogP contribution is 2.47. The highest BCUT2D eigenvalue weighted by atomic mass is 19.1. The SMILES string of the molecule is [CH2]C(N(CCCOc1ccc2c(Nc3cc(CC(=O)Nc4cccc(F)c4)[nH]n3)ncnc2c1)CCOC)(C(C)(C)C)C(C)(C)C. The summed E-state index contributed by atoms with van der Waals surface area (Å²) in [6.45, 7) is 21.1. The average molecular weight is 633 g/mol. The molecule has 11 heteroatoms. The van der Waals surface area contributed by atoms with Gasteiger partial charge in [-0.05, 0) is 54.5 Å². The molecule has 0 aliphatic rings. The van der Waals surface area contributed by atoms with Crippen LogP contribution < -0.4 is 15.4 Å². The third kappa shape index (κ3) is 8.38. The van der Waals surface area contributed by atoms with Crippen LogP contribution >= 0.6 is 0 Å². The fourth-order valence-corrected chi connectivity index (χ4v) is 6.02. The number of amides is 1.